The highest BCUT2D eigenvalue weighted by atomic mass is 35.5. The number of H-pyrrole nitrogens is 1. The van der Waals surface area contributed by atoms with E-state index in [0.717, 1.165) is 5.69 Å². The van der Waals surface area contributed by atoms with Crippen LogP contribution in [0.5, 0.6) is 0 Å². The Kier molecular flexibility index (Phi) is 3.23. The van der Waals surface area contributed by atoms with E-state index in [1.807, 2.05) is 13.8 Å². The quantitative estimate of drug-likeness (QED) is 0.836. The molecule has 17 heavy (non-hydrogen) atoms. The molecule has 0 fully saturated rings. The summed E-state index contributed by atoms with van der Waals surface area (Å²) >= 11 is 6.12. The first kappa shape index (κ1) is 11.8. The van der Waals surface area contributed by atoms with E-state index in [-0.39, 0.29) is 18.0 Å². The number of hydrogen-bond donors (Lipinski definition) is 1. The second-order valence-electron chi connectivity index (χ2n) is 3.60. The molecule has 0 spiro atoms. The van der Waals surface area contributed by atoms with Gasteiger partial charge in [0.15, 0.2) is 5.82 Å². The summed E-state index contributed by atoms with van der Waals surface area (Å²) in [6.07, 6.45) is 1.47. The van der Waals surface area contributed by atoms with Gasteiger partial charge >= 0.3 is 0 Å². The van der Waals surface area contributed by atoms with E-state index in [2.05, 4.69) is 20.3 Å². The Morgan fingerprint density at radius 1 is 1.59 bits per heavy atom. The maximum atomic E-state index is 11.9. The van der Waals surface area contributed by atoms with Crippen LogP contribution in [0.15, 0.2) is 6.33 Å². The minimum atomic E-state index is -0.154. The molecule has 0 aromatic carbocycles. The number of halogens is 1. The average molecular weight is 254 g/mol. The Morgan fingerprint density at radius 2 is 2.35 bits per heavy atom. The van der Waals surface area contributed by atoms with Gasteiger partial charge in [0.2, 0.25) is 5.78 Å². The van der Waals surface area contributed by atoms with Crippen molar-refractivity contribution in [3.8, 4) is 0 Å². The summed E-state index contributed by atoms with van der Waals surface area (Å²) in [6, 6.07) is 0. The minimum absolute atomic E-state index is 0.154. The average Bonchev–Trinajstić information content (AvgIpc) is 2.92. The zero-order chi connectivity index (χ0) is 12.4. The predicted octanol–water partition coefficient (Wildman–Crippen LogP) is 1.41. The lowest BCUT2D eigenvalue weighted by Crippen LogP contribution is -2.11. The van der Waals surface area contributed by atoms with Gasteiger partial charge in [-0.15, -0.1) is 0 Å². The standard InChI is InChI=1S/C10H12ClN5O/c1-3-16-7(9(11)6(2)15-16)4-8(17)10-12-5-13-14-10/h5H,3-4H2,1-2H3,(H,12,13,14). The number of rotatable bonds is 4. The molecule has 0 saturated carbocycles. The fourth-order valence-electron chi connectivity index (χ4n) is 1.61. The van der Waals surface area contributed by atoms with Gasteiger partial charge in [0.05, 0.1) is 22.8 Å². The van der Waals surface area contributed by atoms with E-state index < -0.39 is 0 Å². The zero-order valence-electron chi connectivity index (χ0n) is 9.57. The van der Waals surface area contributed by atoms with E-state index in [4.69, 9.17) is 11.6 Å². The lowest BCUT2D eigenvalue weighted by atomic mass is 10.2. The van der Waals surface area contributed by atoms with E-state index >= 15 is 0 Å². The second kappa shape index (κ2) is 4.67. The fraction of sp³-hybridized carbons (Fsp3) is 0.400. The summed E-state index contributed by atoms with van der Waals surface area (Å²) in [6.45, 7) is 4.44. The SMILES string of the molecule is CCn1nc(C)c(Cl)c1CC(=O)c1ncn[nH]1. The number of aromatic nitrogens is 5. The molecule has 0 bridgehead atoms. The topological polar surface area (TPSA) is 76.5 Å². The Labute approximate surface area is 103 Å². The van der Waals surface area contributed by atoms with Crippen LogP contribution in [0.4, 0.5) is 0 Å². The molecule has 2 heterocycles. The highest BCUT2D eigenvalue weighted by molar-refractivity contribution is 6.32. The van der Waals surface area contributed by atoms with Crippen LogP contribution in [-0.2, 0) is 13.0 Å². The summed E-state index contributed by atoms with van der Waals surface area (Å²) in [5.74, 6) is 0.0848. The van der Waals surface area contributed by atoms with Gasteiger partial charge in [-0.1, -0.05) is 11.6 Å². The van der Waals surface area contributed by atoms with Gasteiger partial charge in [-0.3, -0.25) is 14.6 Å². The Morgan fingerprint density at radius 3 is 2.94 bits per heavy atom. The molecular weight excluding hydrogens is 242 g/mol. The molecule has 0 aliphatic heterocycles. The van der Waals surface area contributed by atoms with Crippen molar-refractivity contribution in [1.82, 2.24) is 25.0 Å². The monoisotopic (exact) mass is 253 g/mol. The van der Waals surface area contributed by atoms with Crippen molar-refractivity contribution < 1.29 is 4.79 Å². The molecule has 0 saturated heterocycles. The van der Waals surface area contributed by atoms with Crippen LogP contribution in [0.2, 0.25) is 5.02 Å². The van der Waals surface area contributed by atoms with Crippen molar-refractivity contribution in [2.24, 2.45) is 0 Å². The summed E-state index contributed by atoms with van der Waals surface area (Å²) < 4.78 is 1.73. The van der Waals surface area contributed by atoms with Crippen LogP contribution in [0.1, 0.15) is 28.9 Å². The largest absolute Gasteiger partial charge is 0.290 e. The van der Waals surface area contributed by atoms with E-state index in [1.54, 1.807) is 4.68 Å². The van der Waals surface area contributed by atoms with E-state index in [9.17, 15) is 4.79 Å². The third kappa shape index (κ3) is 2.21. The predicted molar refractivity (Wildman–Crippen MR) is 62.1 cm³/mol. The molecule has 0 unspecified atom stereocenters. The van der Waals surface area contributed by atoms with Crippen LogP contribution in [0.25, 0.3) is 0 Å². The van der Waals surface area contributed by atoms with Crippen molar-refractivity contribution in [3.05, 3.63) is 28.6 Å². The molecule has 2 rings (SSSR count). The van der Waals surface area contributed by atoms with Crippen LogP contribution in [0, 0.1) is 6.92 Å². The van der Waals surface area contributed by atoms with Crippen molar-refractivity contribution in [3.63, 3.8) is 0 Å². The van der Waals surface area contributed by atoms with Gasteiger partial charge in [-0.2, -0.15) is 10.2 Å². The first-order valence-corrected chi connectivity index (χ1v) is 5.61. The van der Waals surface area contributed by atoms with Crippen molar-refractivity contribution in [1.29, 1.82) is 0 Å². The van der Waals surface area contributed by atoms with Crippen molar-refractivity contribution >= 4 is 17.4 Å². The smallest absolute Gasteiger partial charge is 0.205 e. The van der Waals surface area contributed by atoms with Crippen LogP contribution in [0.3, 0.4) is 0 Å². The fourth-order valence-corrected chi connectivity index (χ4v) is 1.82. The second-order valence-corrected chi connectivity index (χ2v) is 3.97. The van der Waals surface area contributed by atoms with Crippen LogP contribution in [-0.4, -0.2) is 30.7 Å². The van der Waals surface area contributed by atoms with Crippen LogP contribution < -0.4 is 0 Å². The highest BCUT2D eigenvalue weighted by Gasteiger charge is 2.18. The number of carbonyl (C=O) groups is 1. The zero-order valence-corrected chi connectivity index (χ0v) is 10.3. The molecule has 0 atom stereocenters. The molecular formula is C10H12ClN5O. The molecule has 2 aromatic heterocycles. The third-order valence-corrected chi connectivity index (χ3v) is 2.95. The third-order valence-electron chi connectivity index (χ3n) is 2.46. The number of hydrogen-bond acceptors (Lipinski definition) is 4. The first-order chi connectivity index (χ1) is 8.13. The highest BCUT2D eigenvalue weighted by Crippen LogP contribution is 2.21. The van der Waals surface area contributed by atoms with Gasteiger partial charge in [0.1, 0.15) is 6.33 Å². The van der Waals surface area contributed by atoms with E-state index in [0.29, 0.717) is 17.3 Å². The number of carbonyl (C=O) groups excluding carboxylic acids is 1. The maximum absolute atomic E-state index is 11.9. The molecule has 0 aliphatic carbocycles. The van der Waals surface area contributed by atoms with E-state index in [1.165, 1.54) is 6.33 Å². The number of nitrogens with one attached hydrogen (secondary N) is 1. The molecule has 6 nitrogen and oxygen atoms in total. The molecule has 1 N–H and O–H groups in total. The molecule has 0 radical (unpaired) electrons. The number of nitrogens with zero attached hydrogens (tertiary/aromatic N) is 4. The Hall–Kier alpha value is -1.69. The Bertz CT molecular complexity index is 531. The summed E-state index contributed by atoms with van der Waals surface area (Å²) in [7, 11) is 0. The number of Topliss-reactive ketones (excluding diaryl/α,β-unsaturated/α-hetero) is 1. The van der Waals surface area contributed by atoms with Gasteiger partial charge in [-0.25, -0.2) is 4.98 Å². The molecule has 0 aliphatic rings. The first-order valence-electron chi connectivity index (χ1n) is 5.23. The van der Waals surface area contributed by atoms with Crippen LogP contribution >= 0.6 is 11.6 Å². The normalized spacial score (nSPS) is 10.8. The van der Waals surface area contributed by atoms with Gasteiger partial charge in [0, 0.05) is 6.54 Å². The molecule has 2 aromatic rings. The van der Waals surface area contributed by atoms with Gasteiger partial charge in [-0.05, 0) is 13.8 Å². The molecule has 90 valence electrons. The molecule has 0 amide bonds. The summed E-state index contributed by atoms with van der Waals surface area (Å²) in [4.78, 5) is 15.7. The minimum Gasteiger partial charge on any atom is -0.290 e. The number of aryl methyl sites for hydroxylation is 2. The summed E-state index contributed by atoms with van der Waals surface area (Å²) in [5, 5.41) is 11.0. The lowest BCUT2D eigenvalue weighted by Gasteiger charge is -2.03. The molecule has 7 heteroatoms. The van der Waals surface area contributed by atoms with Gasteiger partial charge in [0.25, 0.3) is 0 Å². The van der Waals surface area contributed by atoms with Gasteiger partial charge < -0.3 is 0 Å². The number of aromatic amines is 1. The maximum Gasteiger partial charge on any atom is 0.205 e. The summed E-state index contributed by atoms with van der Waals surface area (Å²) in [5.41, 5.74) is 1.45. The Balaban J connectivity index is 2.27. The van der Waals surface area contributed by atoms with Crippen molar-refractivity contribution in [2.45, 2.75) is 26.8 Å². The lowest BCUT2D eigenvalue weighted by molar-refractivity contribution is 0.0981. The van der Waals surface area contributed by atoms with Crippen molar-refractivity contribution in [2.75, 3.05) is 0 Å². The number of ketones is 1.